The second-order valence-corrected chi connectivity index (χ2v) is 4.69. The Morgan fingerprint density at radius 1 is 1.10 bits per heavy atom. The predicted molar refractivity (Wildman–Crippen MR) is 81.7 cm³/mol. The molecule has 0 amide bonds. The Morgan fingerprint density at radius 2 is 1.76 bits per heavy atom. The molecule has 5 heteroatoms. The molecule has 0 N–H and O–H groups in total. The molecule has 0 aliphatic carbocycles. The number of carbonyl (C=O) groups excluding carboxylic acids is 1. The van der Waals surface area contributed by atoms with Gasteiger partial charge in [-0.15, -0.1) is 0 Å². The summed E-state index contributed by atoms with van der Waals surface area (Å²) >= 11 is 5.75. The molecular formula is C16H14ClNO3. The van der Waals surface area contributed by atoms with Crippen LogP contribution in [0.2, 0.25) is 5.02 Å². The van der Waals surface area contributed by atoms with Crippen molar-refractivity contribution in [3.05, 3.63) is 65.2 Å². The van der Waals surface area contributed by atoms with Crippen molar-refractivity contribution in [3.63, 3.8) is 0 Å². The Labute approximate surface area is 127 Å². The van der Waals surface area contributed by atoms with Gasteiger partial charge in [-0.2, -0.15) is 0 Å². The topological polar surface area (TPSA) is 47.9 Å². The van der Waals surface area contributed by atoms with E-state index in [0.717, 1.165) is 5.56 Å². The molecule has 0 saturated heterocycles. The maximum absolute atomic E-state index is 11.5. The minimum absolute atomic E-state index is 0.215. The number of carbonyl (C=O) groups is 1. The van der Waals surface area contributed by atoms with Crippen molar-refractivity contribution < 1.29 is 14.4 Å². The zero-order chi connectivity index (χ0) is 15.1. The third-order valence-corrected chi connectivity index (χ3v) is 2.90. The number of nitrogens with zero attached hydrogens (tertiary/aromatic N) is 1. The fourth-order valence-corrected chi connectivity index (χ4v) is 1.68. The van der Waals surface area contributed by atoms with Gasteiger partial charge in [0.05, 0.1) is 5.71 Å². The lowest BCUT2D eigenvalue weighted by molar-refractivity contribution is -0.146. The van der Waals surface area contributed by atoms with Gasteiger partial charge in [0.2, 0.25) is 0 Å². The average molecular weight is 304 g/mol. The van der Waals surface area contributed by atoms with Crippen molar-refractivity contribution in [2.24, 2.45) is 5.16 Å². The lowest BCUT2D eigenvalue weighted by atomic mass is 10.1. The van der Waals surface area contributed by atoms with Crippen LogP contribution in [0.25, 0.3) is 0 Å². The zero-order valence-electron chi connectivity index (χ0n) is 11.5. The van der Waals surface area contributed by atoms with Crippen LogP contribution < -0.4 is 4.74 Å². The Kier molecular flexibility index (Phi) is 5.35. The first-order valence-electron chi connectivity index (χ1n) is 6.33. The number of hydrogen-bond acceptors (Lipinski definition) is 4. The number of ether oxygens (including phenoxy) is 1. The van der Waals surface area contributed by atoms with Crippen LogP contribution in [0.3, 0.4) is 0 Å². The summed E-state index contributed by atoms with van der Waals surface area (Å²) < 4.78 is 5.26. The van der Waals surface area contributed by atoms with Crippen molar-refractivity contribution >= 4 is 23.3 Å². The minimum Gasteiger partial charge on any atom is -0.482 e. The highest BCUT2D eigenvalue weighted by molar-refractivity contribution is 6.30. The predicted octanol–water partition coefficient (Wildman–Crippen LogP) is 3.69. The van der Waals surface area contributed by atoms with E-state index >= 15 is 0 Å². The molecule has 0 saturated carbocycles. The van der Waals surface area contributed by atoms with Crippen molar-refractivity contribution in [1.82, 2.24) is 0 Å². The van der Waals surface area contributed by atoms with Crippen molar-refractivity contribution in [3.8, 4) is 5.75 Å². The molecule has 0 unspecified atom stereocenters. The Morgan fingerprint density at radius 3 is 2.43 bits per heavy atom. The summed E-state index contributed by atoms with van der Waals surface area (Å²) in [6, 6.07) is 16.2. The monoisotopic (exact) mass is 303 g/mol. The highest BCUT2D eigenvalue weighted by Crippen LogP contribution is 2.15. The molecule has 2 rings (SSSR count). The van der Waals surface area contributed by atoms with Gasteiger partial charge in [0.15, 0.2) is 6.61 Å². The average Bonchev–Trinajstić information content (AvgIpc) is 2.53. The van der Waals surface area contributed by atoms with Crippen molar-refractivity contribution in [2.45, 2.75) is 6.92 Å². The van der Waals surface area contributed by atoms with Crippen molar-refractivity contribution in [1.29, 1.82) is 0 Å². The van der Waals surface area contributed by atoms with Gasteiger partial charge in [0, 0.05) is 5.02 Å². The second kappa shape index (κ2) is 7.45. The molecule has 2 aromatic rings. The molecular weight excluding hydrogens is 290 g/mol. The molecule has 0 radical (unpaired) electrons. The molecule has 0 aliphatic heterocycles. The van der Waals surface area contributed by atoms with Gasteiger partial charge in [-0.1, -0.05) is 47.1 Å². The van der Waals surface area contributed by atoms with Gasteiger partial charge in [-0.05, 0) is 36.8 Å². The van der Waals surface area contributed by atoms with Gasteiger partial charge in [-0.25, -0.2) is 4.79 Å². The molecule has 0 aromatic heterocycles. The third kappa shape index (κ3) is 4.93. The third-order valence-electron chi connectivity index (χ3n) is 2.65. The quantitative estimate of drug-likeness (QED) is 0.481. The number of oxime groups is 1. The number of halogens is 1. The van der Waals surface area contributed by atoms with Crippen LogP contribution in [0.1, 0.15) is 12.5 Å². The summed E-state index contributed by atoms with van der Waals surface area (Å²) in [5.41, 5.74) is 1.51. The van der Waals surface area contributed by atoms with E-state index < -0.39 is 5.97 Å². The highest BCUT2D eigenvalue weighted by Gasteiger charge is 2.05. The highest BCUT2D eigenvalue weighted by atomic mass is 35.5. The largest absolute Gasteiger partial charge is 0.482 e. The lowest BCUT2D eigenvalue weighted by Crippen LogP contribution is -2.13. The Bertz CT molecular complexity index is 624. The van der Waals surface area contributed by atoms with E-state index in [9.17, 15) is 4.79 Å². The van der Waals surface area contributed by atoms with Gasteiger partial charge in [-0.3, -0.25) is 0 Å². The van der Waals surface area contributed by atoms with Crippen LogP contribution in [-0.2, 0) is 9.63 Å². The van der Waals surface area contributed by atoms with Gasteiger partial charge in [0.1, 0.15) is 5.75 Å². The maximum Gasteiger partial charge on any atom is 0.372 e. The molecule has 0 atom stereocenters. The summed E-state index contributed by atoms with van der Waals surface area (Å²) in [7, 11) is 0. The zero-order valence-corrected chi connectivity index (χ0v) is 12.2. The second-order valence-electron chi connectivity index (χ2n) is 4.25. The summed E-state index contributed by atoms with van der Waals surface area (Å²) in [6.07, 6.45) is 0. The van der Waals surface area contributed by atoms with E-state index in [1.807, 2.05) is 30.3 Å². The number of benzene rings is 2. The summed E-state index contributed by atoms with van der Waals surface area (Å²) in [5.74, 6) is -0.0275. The van der Waals surface area contributed by atoms with E-state index in [1.165, 1.54) is 0 Å². The SMILES string of the molecule is CC(=NOC(=O)COc1ccc(Cl)cc1)c1ccccc1. The molecule has 108 valence electrons. The lowest BCUT2D eigenvalue weighted by Gasteiger charge is -2.04. The van der Waals surface area contributed by atoms with Gasteiger partial charge in [0.25, 0.3) is 0 Å². The minimum atomic E-state index is -0.569. The van der Waals surface area contributed by atoms with Gasteiger partial charge >= 0.3 is 5.97 Å². The van der Waals surface area contributed by atoms with Crippen molar-refractivity contribution in [2.75, 3.05) is 6.61 Å². The van der Waals surface area contributed by atoms with Crippen LogP contribution in [0.5, 0.6) is 5.75 Å². The standard InChI is InChI=1S/C16H14ClNO3/c1-12(13-5-3-2-4-6-13)18-21-16(19)11-20-15-9-7-14(17)8-10-15/h2-10H,11H2,1H3. The Balaban J connectivity index is 1.83. The van der Waals surface area contributed by atoms with E-state index in [1.54, 1.807) is 31.2 Å². The first-order chi connectivity index (χ1) is 10.1. The number of rotatable bonds is 5. The molecule has 0 heterocycles. The summed E-state index contributed by atoms with van der Waals surface area (Å²) in [6.45, 7) is 1.55. The van der Waals surface area contributed by atoms with Crippen LogP contribution in [0.4, 0.5) is 0 Å². The fraction of sp³-hybridized carbons (Fsp3) is 0.125. The molecule has 0 aliphatic rings. The van der Waals surface area contributed by atoms with E-state index in [4.69, 9.17) is 21.2 Å². The van der Waals surface area contributed by atoms with Gasteiger partial charge < -0.3 is 9.57 Å². The Hall–Kier alpha value is -2.33. The fourth-order valence-electron chi connectivity index (χ4n) is 1.55. The molecule has 21 heavy (non-hydrogen) atoms. The van der Waals surface area contributed by atoms with E-state index in [-0.39, 0.29) is 6.61 Å². The molecule has 4 nitrogen and oxygen atoms in total. The summed E-state index contributed by atoms with van der Waals surface area (Å²) in [4.78, 5) is 16.3. The first-order valence-corrected chi connectivity index (χ1v) is 6.71. The van der Waals surface area contributed by atoms with Crippen LogP contribution in [0, 0.1) is 0 Å². The maximum atomic E-state index is 11.5. The summed E-state index contributed by atoms with van der Waals surface area (Å²) in [5, 5.41) is 4.39. The molecule has 0 fully saturated rings. The molecule has 0 spiro atoms. The smallest absolute Gasteiger partial charge is 0.372 e. The van der Waals surface area contributed by atoms with Crippen LogP contribution in [-0.4, -0.2) is 18.3 Å². The van der Waals surface area contributed by atoms with Crippen LogP contribution in [0.15, 0.2) is 59.8 Å². The van der Waals surface area contributed by atoms with E-state index in [2.05, 4.69) is 5.16 Å². The van der Waals surface area contributed by atoms with Crippen LogP contribution >= 0.6 is 11.6 Å². The molecule has 2 aromatic carbocycles. The molecule has 0 bridgehead atoms. The number of hydrogen-bond donors (Lipinski definition) is 0. The first kappa shape index (κ1) is 15.1. The van der Waals surface area contributed by atoms with E-state index in [0.29, 0.717) is 16.5 Å². The normalized spacial score (nSPS) is 11.0.